The average Bonchev–Trinajstić information content (AvgIpc) is 2.70. The van der Waals surface area contributed by atoms with Crippen LogP contribution < -0.4 is 9.47 Å². The summed E-state index contributed by atoms with van der Waals surface area (Å²) in [4.78, 5) is 13.8. The Kier molecular flexibility index (Phi) is 4.93. The Morgan fingerprint density at radius 3 is 2.46 bits per heavy atom. The summed E-state index contributed by atoms with van der Waals surface area (Å²) in [6.45, 7) is 0.855. The summed E-state index contributed by atoms with van der Waals surface area (Å²) < 4.78 is 11.7. The van der Waals surface area contributed by atoms with Crippen LogP contribution in [0, 0.1) is 0 Å². The van der Waals surface area contributed by atoms with Crippen LogP contribution in [-0.4, -0.2) is 17.6 Å². The van der Waals surface area contributed by atoms with Crippen LogP contribution in [0.2, 0.25) is 0 Å². The minimum atomic E-state index is -0.221. The summed E-state index contributed by atoms with van der Waals surface area (Å²) in [5.41, 5.74) is 1.72. The van der Waals surface area contributed by atoms with E-state index in [1.807, 2.05) is 66.7 Å². The number of thioether (sulfide) groups is 1. The number of ether oxygens (including phenoxy) is 2. The molecule has 3 nitrogen and oxygen atoms in total. The van der Waals surface area contributed by atoms with Gasteiger partial charge in [0.2, 0.25) is 0 Å². The van der Waals surface area contributed by atoms with Crippen LogP contribution in [0.5, 0.6) is 11.5 Å². The van der Waals surface area contributed by atoms with E-state index in [1.165, 1.54) is 0 Å². The summed E-state index contributed by atoms with van der Waals surface area (Å²) in [6, 6.07) is 25.3. The predicted octanol–water partition coefficient (Wildman–Crippen LogP) is 5.00. The smallest absolute Gasteiger partial charge is 0.183 e. The summed E-state index contributed by atoms with van der Waals surface area (Å²) >= 11 is 1.54. The molecule has 1 atom stereocenters. The number of Topliss-reactive ketones (excluding diaryl/α,β-unsaturated/α-hetero) is 1. The molecule has 0 saturated heterocycles. The Labute approximate surface area is 157 Å². The molecule has 0 amide bonds. The molecule has 0 N–H and O–H groups in total. The third-order valence-corrected chi connectivity index (χ3v) is 5.35. The van der Waals surface area contributed by atoms with Crippen LogP contribution in [0.4, 0.5) is 0 Å². The van der Waals surface area contributed by atoms with E-state index in [4.69, 9.17) is 9.47 Å². The molecule has 4 rings (SSSR count). The van der Waals surface area contributed by atoms with E-state index in [9.17, 15) is 4.79 Å². The van der Waals surface area contributed by atoms with Gasteiger partial charge < -0.3 is 9.47 Å². The first-order valence-corrected chi connectivity index (χ1v) is 9.37. The van der Waals surface area contributed by atoms with Gasteiger partial charge in [0.15, 0.2) is 5.78 Å². The molecular weight excluding hydrogens is 344 g/mol. The highest BCUT2D eigenvalue weighted by atomic mass is 32.2. The molecule has 0 aliphatic carbocycles. The van der Waals surface area contributed by atoms with Crippen molar-refractivity contribution in [3.05, 3.63) is 90.0 Å². The number of rotatable bonds is 5. The zero-order valence-corrected chi connectivity index (χ0v) is 14.9. The monoisotopic (exact) mass is 362 g/mol. The molecule has 0 saturated carbocycles. The van der Waals surface area contributed by atoms with Crippen molar-refractivity contribution in [3.8, 4) is 11.5 Å². The van der Waals surface area contributed by atoms with Gasteiger partial charge in [0.1, 0.15) is 30.0 Å². The topological polar surface area (TPSA) is 35.5 Å². The van der Waals surface area contributed by atoms with E-state index in [0.717, 1.165) is 10.5 Å². The minimum absolute atomic E-state index is 0.106. The largest absolute Gasteiger partial charge is 0.491 e. The van der Waals surface area contributed by atoms with Crippen molar-refractivity contribution < 1.29 is 14.3 Å². The third kappa shape index (κ3) is 3.75. The number of ketones is 1. The normalized spacial score (nSPS) is 15.8. The maximum Gasteiger partial charge on any atom is 0.183 e. The van der Waals surface area contributed by atoms with Gasteiger partial charge in [-0.05, 0) is 29.8 Å². The van der Waals surface area contributed by atoms with Gasteiger partial charge in [0.25, 0.3) is 0 Å². The second kappa shape index (κ2) is 7.67. The van der Waals surface area contributed by atoms with Gasteiger partial charge in [-0.25, -0.2) is 0 Å². The molecule has 3 aromatic rings. The van der Waals surface area contributed by atoms with Crippen molar-refractivity contribution >= 4 is 17.5 Å². The maximum absolute atomic E-state index is 12.8. The van der Waals surface area contributed by atoms with E-state index in [-0.39, 0.29) is 11.0 Å². The van der Waals surface area contributed by atoms with Gasteiger partial charge in [-0.2, -0.15) is 0 Å². The summed E-state index contributed by atoms with van der Waals surface area (Å²) in [7, 11) is 0. The summed E-state index contributed by atoms with van der Waals surface area (Å²) in [5, 5.41) is -0.221. The predicted molar refractivity (Wildman–Crippen MR) is 103 cm³/mol. The number of hydrogen-bond donors (Lipinski definition) is 0. The zero-order chi connectivity index (χ0) is 17.8. The van der Waals surface area contributed by atoms with Crippen LogP contribution in [0.1, 0.15) is 15.9 Å². The number of carbonyl (C=O) groups is 1. The Balaban J connectivity index is 1.45. The molecule has 130 valence electrons. The molecule has 26 heavy (non-hydrogen) atoms. The standard InChI is InChI=1S/C22H18O3S/c23-22-19-12-11-17(24-14-16-7-3-1-4-8-16)13-20(19)25-15-21(22)26-18-9-5-2-6-10-18/h1-13,21H,14-15H2. The fourth-order valence-electron chi connectivity index (χ4n) is 2.82. The van der Waals surface area contributed by atoms with Crippen LogP contribution >= 0.6 is 11.8 Å². The van der Waals surface area contributed by atoms with E-state index in [2.05, 4.69) is 0 Å². The number of carbonyl (C=O) groups excluding carboxylic acids is 1. The van der Waals surface area contributed by atoms with Gasteiger partial charge in [-0.1, -0.05) is 48.5 Å². The van der Waals surface area contributed by atoms with E-state index < -0.39 is 0 Å². The van der Waals surface area contributed by atoms with Crippen LogP contribution in [-0.2, 0) is 6.61 Å². The average molecular weight is 362 g/mol. The van der Waals surface area contributed by atoms with E-state index >= 15 is 0 Å². The van der Waals surface area contributed by atoms with Crippen molar-refractivity contribution in [1.29, 1.82) is 0 Å². The van der Waals surface area contributed by atoms with Crippen LogP contribution in [0.25, 0.3) is 0 Å². The van der Waals surface area contributed by atoms with Crippen molar-refractivity contribution in [2.24, 2.45) is 0 Å². The molecule has 4 heteroatoms. The molecule has 3 aromatic carbocycles. The molecule has 0 spiro atoms. The lowest BCUT2D eigenvalue weighted by Crippen LogP contribution is -2.30. The van der Waals surface area contributed by atoms with Crippen LogP contribution in [0.15, 0.2) is 83.8 Å². The molecule has 0 radical (unpaired) electrons. The lowest BCUT2D eigenvalue weighted by molar-refractivity contribution is 0.0943. The number of hydrogen-bond acceptors (Lipinski definition) is 4. The fourth-order valence-corrected chi connectivity index (χ4v) is 3.83. The maximum atomic E-state index is 12.8. The first-order chi connectivity index (χ1) is 12.8. The Morgan fingerprint density at radius 2 is 1.69 bits per heavy atom. The molecule has 0 fully saturated rings. The SMILES string of the molecule is O=C1c2ccc(OCc3ccccc3)cc2OCC1Sc1ccccc1. The minimum Gasteiger partial charge on any atom is -0.491 e. The van der Waals surface area contributed by atoms with Crippen molar-refractivity contribution in [2.75, 3.05) is 6.61 Å². The quantitative estimate of drug-likeness (QED) is 0.640. The van der Waals surface area contributed by atoms with Gasteiger partial charge in [0.05, 0.1) is 5.56 Å². The van der Waals surface area contributed by atoms with Gasteiger partial charge >= 0.3 is 0 Å². The highest BCUT2D eigenvalue weighted by Gasteiger charge is 2.30. The lowest BCUT2D eigenvalue weighted by atomic mass is 10.0. The molecule has 0 aromatic heterocycles. The van der Waals surface area contributed by atoms with Gasteiger partial charge in [0, 0.05) is 11.0 Å². The third-order valence-electron chi connectivity index (χ3n) is 4.17. The highest BCUT2D eigenvalue weighted by molar-refractivity contribution is 8.00. The lowest BCUT2D eigenvalue weighted by Gasteiger charge is -2.24. The molecule has 1 unspecified atom stereocenters. The van der Waals surface area contributed by atoms with Crippen molar-refractivity contribution in [1.82, 2.24) is 0 Å². The van der Waals surface area contributed by atoms with Gasteiger partial charge in [-0.15, -0.1) is 11.8 Å². The molecule has 1 heterocycles. The second-order valence-corrected chi connectivity index (χ2v) is 7.30. The number of benzene rings is 3. The fraction of sp³-hybridized carbons (Fsp3) is 0.136. The van der Waals surface area contributed by atoms with Crippen molar-refractivity contribution in [2.45, 2.75) is 16.8 Å². The van der Waals surface area contributed by atoms with E-state index in [1.54, 1.807) is 23.9 Å². The van der Waals surface area contributed by atoms with Crippen LogP contribution in [0.3, 0.4) is 0 Å². The first kappa shape index (κ1) is 16.7. The Morgan fingerprint density at radius 1 is 0.962 bits per heavy atom. The molecule has 1 aliphatic rings. The second-order valence-electron chi connectivity index (χ2n) is 6.03. The first-order valence-electron chi connectivity index (χ1n) is 8.49. The van der Waals surface area contributed by atoms with Gasteiger partial charge in [-0.3, -0.25) is 4.79 Å². The Bertz CT molecular complexity index is 894. The zero-order valence-electron chi connectivity index (χ0n) is 14.1. The molecule has 0 bridgehead atoms. The number of fused-ring (bicyclic) bond motifs is 1. The highest BCUT2D eigenvalue weighted by Crippen LogP contribution is 2.35. The van der Waals surface area contributed by atoms with Crippen molar-refractivity contribution in [3.63, 3.8) is 0 Å². The Hall–Kier alpha value is -2.72. The molecule has 1 aliphatic heterocycles. The summed E-state index contributed by atoms with van der Waals surface area (Å²) in [6.07, 6.45) is 0. The molecular formula is C22H18O3S. The summed E-state index contributed by atoms with van der Waals surface area (Å²) in [5.74, 6) is 1.41. The van der Waals surface area contributed by atoms with E-state index in [0.29, 0.717) is 30.3 Å².